The predicted molar refractivity (Wildman–Crippen MR) is 110 cm³/mol. The summed E-state index contributed by atoms with van der Waals surface area (Å²) in [5.41, 5.74) is 2.90. The average molecular weight is 416 g/mol. The van der Waals surface area contributed by atoms with Crippen LogP contribution in [0.3, 0.4) is 0 Å². The van der Waals surface area contributed by atoms with Crippen molar-refractivity contribution in [3.05, 3.63) is 58.3 Å². The van der Waals surface area contributed by atoms with E-state index in [2.05, 4.69) is 9.97 Å². The molecule has 0 amide bonds. The molecular weight excluding hydrogens is 394 g/mol. The van der Waals surface area contributed by atoms with Crippen LogP contribution in [0.15, 0.2) is 47.2 Å². The number of benzene rings is 1. The van der Waals surface area contributed by atoms with Crippen molar-refractivity contribution in [2.75, 3.05) is 12.4 Å². The van der Waals surface area contributed by atoms with E-state index in [4.69, 9.17) is 4.74 Å². The van der Waals surface area contributed by atoms with Crippen LogP contribution in [0.25, 0.3) is 5.69 Å². The molecule has 3 rings (SSSR count). The van der Waals surface area contributed by atoms with E-state index in [1.54, 1.807) is 13.1 Å². The van der Waals surface area contributed by atoms with Gasteiger partial charge in [0.1, 0.15) is 5.01 Å². The summed E-state index contributed by atoms with van der Waals surface area (Å²) in [5.74, 6) is -1.68. The number of aryl methyl sites for hydroxylation is 2. The molecule has 3 aromatic rings. The Labute approximate surface area is 172 Å². The first-order chi connectivity index (χ1) is 13.5. The van der Waals surface area contributed by atoms with Gasteiger partial charge in [-0.25, -0.2) is 9.97 Å². The number of imidazole rings is 1. The average Bonchev–Trinajstić information content (AvgIpc) is 3.29. The van der Waals surface area contributed by atoms with Crippen LogP contribution in [0.1, 0.15) is 29.1 Å². The molecule has 0 bridgehead atoms. The molecule has 0 fully saturated rings. The van der Waals surface area contributed by atoms with Crippen molar-refractivity contribution in [1.29, 1.82) is 0 Å². The first kappa shape index (κ1) is 20.3. The number of ketones is 1. The maximum atomic E-state index is 12.9. The lowest BCUT2D eigenvalue weighted by Crippen LogP contribution is -2.25. The van der Waals surface area contributed by atoms with E-state index in [0.29, 0.717) is 10.2 Å². The number of carbonyl (C=O) groups excluding carboxylic acids is 2. The van der Waals surface area contributed by atoms with Crippen molar-refractivity contribution >= 4 is 34.9 Å². The first-order valence-electron chi connectivity index (χ1n) is 8.84. The van der Waals surface area contributed by atoms with Gasteiger partial charge in [-0.1, -0.05) is 23.9 Å². The van der Waals surface area contributed by atoms with Gasteiger partial charge in [-0.15, -0.1) is 11.3 Å². The lowest BCUT2D eigenvalue weighted by molar-refractivity contribution is -0.147. The zero-order valence-electron chi connectivity index (χ0n) is 15.9. The van der Waals surface area contributed by atoms with Crippen molar-refractivity contribution in [2.24, 2.45) is 0 Å². The first-order valence-corrected chi connectivity index (χ1v) is 10.7. The highest BCUT2D eigenvalue weighted by molar-refractivity contribution is 7.99. The molecule has 0 aliphatic rings. The highest BCUT2D eigenvalue weighted by Gasteiger charge is 2.32. The third-order valence-corrected chi connectivity index (χ3v) is 5.97. The summed E-state index contributed by atoms with van der Waals surface area (Å²) in [5, 5.41) is 2.99. The monoisotopic (exact) mass is 415 g/mol. The van der Waals surface area contributed by atoms with Crippen LogP contribution >= 0.6 is 23.1 Å². The molecule has 1 atom stereocenters. The van der Waals surface area contributed by atoms with Gasteiger partial charge in [-0.2, -0.15) is 0 Å². The van der Waals surface area contributed by atoms with Crippen LogP contribution in [-0.2, 0) is 14.3 Å². The van der Waals surface area contributed by atoms with E-state index in [-0.39, 0.29) is 18.1 Å². The van der Waals surface area contributed by atoms with Crippen LogP contribution in [0.2, 0.25) is 0 Å². The third kappa shape index (κ3) is 4.69. The number of thiazole rings is 1. The molecular formula is C20H21N3O3S2. The number of carbonyl (C=O) groups is 2. The number of Topliss-reactive ketones (excluding diaryl/α,β-unsaturated/α-hetero) is 1. The molecule has 8 heteroatoms. The van der Waals surface area contributed by atoms with Gasteiger partial charge in [0.15, 0.2) is 16.9 Å². The van der Waals surface area contributed by atoms with Gasteiger partial charge >= 0.3 is 5.97 Å². The molecule has 146 valence electrons. The Bertz CT molecular complexity index is 980. The number of esters is 1. The Hall–Kier alpha value is -2.45. The van der Waals surface area contributed by atoms with E-state index < -0.39 is 11.9 Å². The maximum absolute atomic E-state index is 12.9. The van der Waals surface area contributed by atoms with Crippen molar-refractivity contribution < 1.29 is 14.3 Å². The number of hydrogen-bond acceptors (Lipinski definition) is 7. The second-order valence-corrected chi connectivity index (χ2v) is 8.02. The van der Waals surface area contributed by atoms with Gasteiger partial charge in [0.25, 0.3) is 0 Å². The molecule has 0 N–H and O–H groups in total. The Morgan fingerprint density at radius 3 is 2.82 bits per heavy atom. The highest BCUT2D eigenvalue weighted by atomic mass is 32.2. The minimum Gasteiger partial charge on any atom is -0.465 e. The molecule has 1 aromatic carbocycles. The SMILES string of the molecule is CCOC(=O)[C@@H](C(=O)CSc1nccn1-c1cccc(C)c1)c1nc(C)cs1. The van der Waals surface area contributed by atoms with Gasteiger partial charge in [-0.3, -0.25) is 14.2 Å². The molecule has 0 saturated heterocycles. The van der Waals surface area contributed by atoms with E-state index in [9.17, 15) is 9.59 Å². The molecule has 0 aliphatic heterocycles. The minimum atomic E-state index is -0.992. The Kier molecular flexibility index (Phi) is 6.64. The number of nitrogens with zero attached hydrogens (tertiary/aromatic N) is 3. The van der Waals surface area contributed by atoms with Gasteiger partial charge < -0.3 is 4.74 Å². The summed E-state index contributed by atoms with van der Waals surface area (Å²) in [6.07, 6.45) is 3.55. The zero-order chi connectivity index (χ0) is 20.1. The topological polar surface area (TPSA) is 74.1 Å². The van der Waals surface area contributed by atoms with Crippen LogP contribution in [0, 0.1) is 13.8 Å². The molecule has 0 unspecified atom stereocenters. The standard InChI is InChI=1S/C20H21N3O3S2/c1-4-26-19(25)17(18-22-14(3)11-27-18)16(24)12-28-20-21-8-9-23(20)15-7-5-6-13(2)10-15/h5-11,17H,4,12H2,1-3H3/t17-/m0/s1. The third-order valence-electron chi connectivity index (χ3n) is 3.96. The minimum absolute atomic E-state index is 0.102. The lowest BCUT2D eigenvalue weighted by atomic mass is 10.1. The molecule has 0 saturated carbocycles. The molecule has 6 nitrogen and oxygen atoms in total. The predicted octanol–water partition coefficient (Wildman–Crippen LogP) is 3.95. The second-order valence-electron chi connectivity index (χ2n) is 6.19. The molecule has 28 heavy (non-hydrogen) atoms. The van der Waals surface area contributed by atoms with Gasteiger partial charge in [0, 0.05) is 29.2 Å². The molecule has 0 spiro atoms. The fraction of sp³-hybridized carbons (Fsp3) is 0.300. The largest absolute Gasteiger partial charge is 0.465 e. The summed E-state index contributed by atoms with van der Waals surface area (Å²) in [7, 11) is 0. The van der Waals surface area contributed by atoms with Crippen molar-refractivity contribution in [1.82, 2.24) is 14.5 Å². The second kappa shape index (κ2) is 9.16. The van der Waals surface area contributed by atoms with Crippen LogP contribution in [0.5, 0.6) is 0 Å². The normalized spacial score (nSPS) is 12.0. The van der Waals surface area contributed by atoms with Gasteiger partial charge in [-0.05, 0) is 38.5 Å². The summed E-state index contributed by atoms with van der Waals surface area (Å²) < 4.78 is 7.04. The molecule has 0 radical (unpaired) electrons. The van der Waals surface area contributed by atoms with E-state index >= 15 is 0 Å². The summed E-state index contributed by atoms with van der Waals surface area (Å²) in [6, 6.07) is 8.04. The number of rotatable bonds is 8. The zero-order valence-corrected chi connectivity index (χ0v) is 17.5. The quantitative estimate of drug-likeness (QED) is 0.315. The van der Waals surface area contributed by atoms with Crippen LogP contribution in [0.4, 0.5) is 0 Å². The molecule has 2 heterocycles. The summed E-state index contributed by atoms with van der Waals surface area (Å²) >= 11 is 2.60. The fourth-order valence-electron chi connectivity index (χ4n) is 2.69. The van der Waals surface area contributed by atoms with E-state index in [0.717, 1.165) is 16.9 Å². The number of hydrogen-bond donors (Lipinski definition) is 0. The Balaban J connectivity index is 1.77. The number of aromatic nitrogens is 3. The Morgan fingerprint density at radius 2 is 2.14 bits per heavy atom. The van der Waals surface area contributed by atoms with Crippen molar-refractivity contribution in [3.63, 3.8) is 0 Å². The Morgan fingerprint density at radius 1 is 1.32 bits per heavy atom. The van der Waals surface area contributed by atoms with Crippen molar-refractivity contribution in [2.45, 2.75) is 31.8 Å². The number of ether oxygens (including phenoxy) is 1. The smallest absolute Gasteiger partial charge is 0.323 e. The van der Waals surface area contributed by atoms with E-state index in [1.165, 1.54) is 23.1 Å². The number of thioether (sulfide) groups is 1. The van der Waals surface area contributed by atoms with E-state index in [1.807, 2.05) is 54.3 Å². The van der Waals surface area contributed by atoms with Crippen molar-refractivity contribution in [3.8, 4) is 5.69 Å². The van der Waals surface area contributed by atoms with Crippen LogP contribution in [-0.4, -0.2) is 38.6 Å². The summed E-state index contributed by atoms with van der Waals surface area (Å²) in [4.78, 5) is 33.9. The molecule has 2 aromatic heterocycles. The highest BCUT2D eigenvalue weighted by Crippen LogP contribution is 2.27. The van der Waals surface area contributed by atoms with Crippen LogP contribution < -0.4 is 0 Å². The maximum Gasteiger partial charge on any atom is 0.323 e. The fourth-order valence-corrected chi connectivity index (χ4v) is 4.47. The lowest BCUT2D eigenvalue weighted by Gasteiger charge is -2.12. The van der Waals surface area contributed by atoms with Gasteiger partial charge in [0.05, 0.1) is 12.4 Å². The van der Waals surface area contributed by atoms with Gasteiger partial charge in [0.2, 0.25) is 0 Å². The summed E-state index contributed by atoms with van der Waals surface area (Å²) in [6.45, 7) is 5.80. The molecule has 0 aliphatic carbocycles.